The van der Waals surface area contributed by atoms with Crippen LogP contribution in [0.5, 0.6) is 0 Å². The highest BCUT2D eigenvalue weighted by molar-refractivity contribution is 9.10. The highest BCUT2D eigenvalue weighted by Crippen LogP contribution is 2.33. The third-order valence-electron chi connectivity index (χ3n) is 3.80. The van der Waals surface area contributed by atoms with Gasteiger partial charge < -0.3 is 5.32 Å². The summed E-state index contributed by atoms with van der Waals surface area (Å²) in [4.78, 5) is 0. The average molecular weight is 312 g/mol. The minimum Gasteiger partial charge on any atom is -0.309 e. The van der Waals surface area contributed by atoms with Crippen LogP contribution < -0.4 is 5.32 Å². The van der Waals surface area contributed by atoms with Gasteiger partial charge in [0.1, 0.15) is 0 Å². The fourth-order valence-electron chi connectivity index (χ4n) is 2.88. The first-order valence-electron chi connectivity index (χ1n) is 6.46. The number of rotatable bonds is 3. The first-order chi connectivity index (χ1) is 8.33. The molecule has 1 aliphatic carbocycles. The number of thioether (sulfide) groups is 1. The molecule has 0 aromatic heterocycles. The Hall–Kier alpha value is 0.01000. The predicted octanol–water partition coefficient (Wildman–Crippen LogP) is 3.92. The molecule has 2 unspecified atom stereocenters. The van der Waals surface area contributed by atoms with Crippen molar-refractivity contribution in [1.29, 1.82) is 0 Å². The van der Waals surface area contributed by atoms with E-state index in [9.17, 15) is 0 Å². The van der Waals surface area contributed by atoms with Crippen LogP contribution in [0, 0.1) is 0 Å². The molecule has 17 heavy (non-hydrogen) atoms. The lowest BCUT2D eigenvalue weighted by Crippen LogP contribution is -2.26. The molecule has 0 radical (unpaired) electrons. The molecule has 1 aromatic rings. The highest BCUT2D eigenvalue weighted by atomic mass is 79.9. The Morgan fingerprint density at radius 3 is 3.12 bits per heavy atom. The molecule has 2 aliphatic rings. The first-order valence-corrected chi connectivity index (χ1v) is 8.30. The number of hydrogen-bond acceptors (Lipinski definition) is 2. The zero-order valence-corrected chi connectivity index (χ0v) is 12.3. The summed E-state index contributed by atoms with van der Waals surface area (Å²) in [6.07, 6.45) is 5.30. The van der Waals surface area contributed by atoms with Gasteiger partial charge in [-0.15, -0.1) is 0 Å². The molecule has 0 saturated carbocycles. The predicted molar refractivity (Wildman–Crippen MR) is 78.7 cm³/mol. The van der Waals surface area contributed by atoms with Gasteiger partial charge >= 0.3 is 0 Å². The molecule has 1 nitrogen and oxygen atoms in total. The van der Waals surface area contributed by atoms with Crippen LogP contribution in [0.3, 0.4) is 0 Å². The van der Waals surface area contributed by atoms with E-state index >= 15 is 0 Å². The molecular weight excluding hydrogens is 294 g/mol. The van der Waals surface area contributed by atoms with Crippen LogP contribution >= 0.6 is 27.7 Å². The van der Waals surface area contributed by atoms with Gasteiger partial charge in [0.15, 0.2) is 0 Å². The second-order valence-corrected chi connectivity index (χ2v) is 7.30. The summed E-state index contributed by atoms with van der Waals surface area (Å²) in [6.45, 7) is 1.19. The lowest BCUT2D eigenvalue weighted by atomic mass is 10.1. The van der Waals surface area contributed by atoms with Crippen molar-refractivity contribution >= 4 is 27.7 Å². The Kier molecular flexibility index (Phi) is 3.78. The van der Waals surface area contributed by atoms with E-state index in [-0.39, 0.29) is 0 Å². The van der Waals surface area contributed by atoms with Crippen LogP contribution in [0.4, 0.5) is 0 Å². The van der Waals surface area contributed by atoms with Gasteiger partial charge in [0, 0.05) is 22.3 Å². The SMILES string of the molecule is Brc1ccc2c(c1)CCC2NCC1CCCS1. The number of hydrogen-bond donors (Lipinski definition) is 1. The molecule has 1 heterocycles. The normalized spacial score (nSPS) is 27.4. The summed E-state index contributed by atoms with van der Waals surface area (Å²) in [5.74, 6) is 1.36. The molecule has 1 saturated heterocycles. The summed E-state index contributed by atoms with van der Waals surface area (Å²) in [5.41, 5.74) is 3.05. The molecule has 0 spiro atoms. The molecule has 0 amide bonds. The van der Waals surface area contributed by atoms with Crippen LogP contribution in [0.2, 0.25) is 0 Å². The molecule has 2 atom stereocenters. The number of halogens is 1. The lowest BCUT2D eigenvalue weighted by molar-refractivity contribution is 0.522. The van der Waals surface area contributed by atoms with Crippen molar-refractivity contribution in [3.8, 4) is 0 Å². The zero-order chi connectivity index (χ0) is 11.7. The molecule has 3 rings (SSSR count). The number of benzene rings is 1. The molecule has 1 aromatic carbocycles. The van der Waals surface area contributed by atoms with Gasteiger partial charge in [-0.05, 0) is 54.7 Å². The third-order valence-corrected chi connectivity index (χ3v) is 5.69. The Labute approximate surface area is 116 Å². The molecule has 3 heteroatoms. The second-order valence-electron chi connectivity index (χ2n) is 4.98. The van der Waals surface area contributed by atoms with Gasteiger partial charge in [-0.3, -0.25) is 0 Å². The maximum atomic E-state index is 3.76. The fraction of sp³-hybridized carbons (Fsp3) is 0.571. The van der Waals surface area contributed by atoms with E-state index in [1.54, 1.807) is 0 Å². The molecular formula is C14H18BrNS. The minimum atomic E-state index is 0.597. The van der Waals surface area contributed by atoms with Gasteiger partial charge in [-0.2, -0.15) is 11.8 Å². The van der Waals surface area contributed by atoms with Gasteiger partial charge in [-0.25, -0.2) is 0 Å². The maximum absolute atomic E-state index is 3.76. The topological polar surface area (TPSA) is 12.0 Å². The molecule has 1 fully saturated rings. The fourth-order valence-corrected chi connectivity index (χ4v) is 4.50. The van der Waals surface area contributed by atoms with Crippen molar-refractivity contribution < 1.29 is 0 Å². The molecule has 1 aliphatic heterocycles. The van der Waals surface area contributed by atoms with Gasteiger partial charge in [-0.1, -0.05) is 22.0 Å². The van der Waals surface area contributed by atoms with E-state index < -0.39 is 0 Å². The van der Waals surface area contributed by atoms with Crippen LogP contribution in [0.1, 0.15) is 36.4 Å². The van der Waals surface area contributed by atoms with E-state index in [1.807, 2.05) is 0 Å². The Bertz CT molecular complexity index is 401. The summed E-state index contributed by atoms with van der Waals surface area (Å²) in [6, 6.07) is 7.33. The van der Waals surface area contributed by atoms with Crippen LogP contribution in [-0.2, 0) is 6.42 Å². The Balaban J connectivity index is 1.63. The zero-order valence-electron chi connectivity index (χ0n) is 9.92. The van der Waals surface area contributed by atoms with E-state index in [4.69, 9.17) is 0 Å². The second kappa shape index (κ2) is 5.33. The number of nitrogens with one attached hydrogen (secondary N) is 1. The van der Waals surface area contributed by atoms with E-state index in [0.29, 0.717) is 6.04 Å². The van der Waals surface area contributed by atoms with Crippen molar-refractivity contribution in [3.63, 3.8) is 0 Å². The quantitative estimate of drug-likeness (QED) is 0.908. The highest BCUT2D eigenvalue weighted by Gasteiger charge is 2.23. The minimum absolute atomic E-state index is 0.597. The summed E-state index contributed by atoms with van der Waals surface area (Å²) in [7, 11) is 0. The van der Waals surface area contributed by atoms with Crippen LogP contribution in [0.15, 0.2) is 22.7 Å². The van der Waals surface area contributed by atoms with Crippen LogP contribution in [0.25, 0.3) is 0 Å². The van der Waals surface area contributed by atoms with Gasteiger partial charge in [0.25, 0.3) is 0 Å². The lowest BCUT2D eigenvalue weighted by Gasteiger charge is -2.17. The molecule has 1 N–H and O–H groups in total. The maximum Gasteiger partial charge on any atom is 0.0326 e. The largest absolute Gasteiger partial charge is 0.309 e. The standard InChI is InChI=1S/C14H18BrNS/c15-11-4-5-13-10(8-11)3-6-14(13)16-9-12-2-1-7-17-12/h4-5,8,12,14,16H,1-3,6-7,9H2. The molecule has 92 valence electrons. The number of fused-ring (bicyclic) bond motifs is 1. The first kappa shape index (κ1) is 12.1. The number of aryl methyl sites for hydroxylation is 1. The summed E-state index contributed by atoms with van der Waals surface area (Å²) >= 11 is 5.69. The van der Waals surface area contributed by atoms with Gasteiger partial charge in [0.05, 0.1) is 0 Å². The van der Waals surface area contributed by atoms with Crippen LogP contribution in [-0.4, -0.2) is 17.5 Å². The smallest absolute Gasteiger partial charge is 0.0326 e. The van der Waals surface area contributed by atoms with Crippen molar-refractivity contribution in [2.75, 3.05) is 12.3 Å². The van der Waals surface area contributed by atoms with Gasteiger partial charge in [0.2, 0.25) is 0 Å². The van der Waals surface area contributed by atoms with E-state index in [1.165, 1.54) is 53.6 Å². The molecule has 0 bridgehead atoms. The van der Waals surface area contributed by atoms with E-state index in [2.05, 4.69) is 51.2 Å². The van der Waals surface area contributed by atoms with Crippen molar-refractivity contribution in [2.45, 2.75) is 37.0 Å². The average Bonchev–Trinajstić information content (AvgIpc) is 2.94. The summed E-state index contributed by atoms with van der Waals surface area (Å²) < 4.78 is 1.21. The Morgan fingerprint density at radius 2 is 2.29 bits per heavy atom. The van der Waals surface area contributed by atoms with Crippen molar-refractivity contribution in [1.82, 2.24) is 5.32 Å². The summed E-state index contributed by atoms with van der Waals surface area (Å²) in [5, 5.41) is 4.62. The monoisotopic (exact) mass is 311 g/mol. The van der Waals surface area contributed by atoms with E-state index in [0.717, 1.165) is 5.25 Å². The third kappa shape index (κ3) is 2.72. The van der Waals surface area contributed by atoms with Crippen molar-refractivity contribution in [3.05, 3.63) is 33.8 Å². The van der Waals surface area contributed by atoms with Crippen molar-refractivity contribution in [2.24, 2.45) is 0 Å². The Morgan fingerprint density at radius 1 is 1.35 bits per heavy atom.